The molecule has 2 rings (SSSR count). The molecule has 1 aromatic carbocycles. The zero-order valence-electron chi connectivity index (χ0n) is 10.2. The van der Waals surface area contributed by atoms with Gasteiger partial charge in [0.1, 0.15) is 4.20 Å². The molecule has 0 fully saturated rings. The van der Waals surface area contributed by atoms with Gasteiger partial charge >= 0.3 is 0 Å². The van der Waals surface area contributed by atoms with Crippen LogP contribution in [0.5, 0.6) is 0 Å². The Balaban J connectivity index is 2.35. The van der Waals surface area contributed by atoms with E-state index in [0.717, 1.165) is 16.5 Å². The Morgan fingerprint density at radius 3 is 2.72 bits per heavy atom. The predicted molar refractivity (Wildman–Crippen MR) is 80.8 cm³/mol. The molecular weight excluding hydrogens is 264 g/mol. The smallest absolute Gasteiger partial charge is 0.218 e. The van der Waals surface area contributed by atoms with Gasteiger partial charge in [-0.05, 0) is 11.6 Å². The highest BCUT2D eigenvalue weighted by Crippen LogP contribution is 2.29. The van der Waals surface area contributed by atoms with E-state index in [1.165, 1.54) is 6.92 Å². The fraction of sp³-hybridized carbons (Fsp3) is 0.231. The molecule has 0 spiro atoms. The number of fused-ring (bicyclic) bond motifs is 1. The van der Waals surface area contributed by atoms with Crippen LogP contribution >= 0.6 is 25.3 Å². The Bertz CT molecular complexity index is 590. The highest BCUT2D eigenvalue weighted by Gasteiger charge is 2.24. The van der Waals surface area contributed by atoms with Gasteiger partial charge in [0.05, 0.1) is 0 Å². The Morgan fingerprint density at radius 1 is 1.39 bits per heavy atom. The third-order valence-electron chi connectivity index (χ3n) is 2.64. The monoisotopic (exact) mass is 279 g/mol. The first kappa shape index (κ1) is 13.4. The Morgan fingerprint density at radius 2 is 2.06 bits per heavy atom. The quantitative estimate of drug-likeness (QED) is 0.585. The lowest BCUT2D eigenvalue weighted by Crippen LogP contribution is -2.38. The summed E-state index contributed by atoms with van der Waals surface area (Å²) in [6.45, 7) is 1.44. The van der Waals surface area contributed by atoms with Crippen molar-refractivity contribution in [1.82, 2.24) is 9.88 Å². The summed E-state index contributed by atoms with van der Waals surface area (Å²) in [5.74, 6) is -0.170. The van der Waals surface area contributed by atoms with E-state index in [1.54, 1.807) is 0 Å². The normalized spacial score (nSPS) is 11.8. The van der Waals surface area contributed by atoms with Crippen molar-refractivity contribution in [2.24, 2.45) is 7.05 Å². The fourth-order valence-corrected chi connectivity index (χ4v) is 2.59. The predicted octanol–water partition coefficient (Wildman–Crippen LogP) is 2.38. The topological polar surface area (TPSA) is 34.0 Å². The van der Waals surface area contributed by atoms with Crippen molar-refractivity contribution in [3.05, 3.63) is 42.4 Å². The lowest BCUT2D eigenvalue weighted by atomic mass is 10.1. The van der Waals surface area contributed by atoms with E-state index in [0.29, 0.717) is 0 Å². The molecule has 0 saturated heterocycles. The Labute approximate surface area is 117 Å². The number of hydrogen-bond acceptors (Lipinski definition) is 3. The molecule has 0 aliphatic heterocycles. The molecule has 0 unspecified atom stereocenters. The van der Waals surface area contributed by atoms with Crippen LogP contribution < -0.4 is 5.32 Å². The molecule has 0 bridgehead atoms. The van der Waals surface area contributed by atoms with Crippen LogP contribution in [0.3, 0.4) is 0 Å². The highest BCUT2D eigenvalue weighted by molar-refractivity contribution is 8.00. The number of benzene rings is 1. The average molecular weight is 279 g/mol. The molecule has 5 heteroatoms. The van der Waals surface area contributed by atoms with E-state index in [1.807, 2.05) is 48.5 Å². The van der Waals surface area contributed by atoms with Gasteiger partial charge in [0.2, 0.25) is 5.91 Å². The molecule has 1 heterocycles. The third kappa shape index (κ3) is 2.84. The molecule has 3 nitrogen and oxygen atoms in total. The maximum Gasteiger partial charge on any atom is 0.218 e. The number of nitrogens with one attached hydrogen (secondary N) is 1. The van der Waals surface area contributed by atoms with Gasteiger partial charge in [0.15, 0.2) is 0 Å². The molecule has 0 atom stereocenters. The maximum absolute atomic E-state index is 11.1. The molecule has 1 N–H and O–H groups in total. The molecule has 0 aliphatic carbocycles. The van der Waals surface area contributed by atoms with Crippen molar-refractivity contribution in [2.45, 2.75) is 11.1 Å². The molecule has 1 aromatic heterocycles. The molecule has 0 saturated carbocycles. The summed E-state index contributed by atoms with van der Waals surface area (Å²) in [6, 6.07) is 8.06. The van der Waals surface area contributed by atoms with Gasteiger partial charge < -0.3 is 9.88 Å². The zero-order chi connectivity index (χ0) is 13.3. The highest BCUT2D eigenvalue weighted by atomic mass is 32.2. The zero-order valence-corrected chi connectivity index (χ0v) is 12.0. The van der Waals surface area contributed by atoms with Crippen LogP contribution in [0.1, 0.15) is 12.5 Å². The Kier molecular flexibility index (Phi) is 3.64. The first-order chi connectivity index (χ1) is 8.39. The van der Waals surface area contributed by atoms with Gasteiger partial charge in [-0.15, -0.1) is 25.3 Å². The summed E-state index contributed by atoms with van der Waals surface area (Å²) < 4.78 is 1.07. The fourth-order valence-electron chi connectivity index (χ4n) is 2.00. The number of carbonyl (C=O) groups excluding carboxylic acids is 1. The van der Waals surface area contributed by atoms with Crippen molar-refractivity contribution in [3.8, 4) is 0 Å². The largest absolute Gasteiger partial charge is 0.350 e. The molecule has 95 valence electrons. The number of thiol groups is 2. The average Bonchev–Trinajstić information content (AvgIpc) is 2.54. The first-order valence-corrected chi connectivity index (χ1v) is 6.42. The Hall–Kier alpha value is -1.07. The molecule has 0 aliphatic rings. The minimum absolute atomic E-state index is 0.170. The molecule has 2 aromatic rings. The van der Waals surface area contributed by atoms with Crippen LogP contribution in [0.4, 0.5) is 0 Å². The number of rotatable bonds is 3. The van der Waals surface area contributed by atoms with Crippen molar-refractivity contribution < 1.29 is 4.79 Å². The number of para-hydroxylation sites is 1. The van der Waals surface area contributed by atoms with E-state index in [4.69, 9.17) is 0 Å². The summed E-state index contributed by atoms with van der Waals surface area (Å²) in [6.07, 6.45) is 3.82. The summed E-state index contributed by atoms with van der Waals surface area (Å²) in [5.41, 5.74) is 2.12. The second-order valence-electron chi connectivity index (χ2n) is 4.26. The van der Waals surface area contributed by atoms with E-state index in [9.17, 15) is 4.79 Å². The standard InChI is InChI=1S/C13H15N2OS2/c1-9(16)14-13(17,18)7-10-8-15(2)12-6-4-3-5-11(10)12/h3-8,17-18H,1-2H3,(H,14,16). The first-order valence-electron chi connectivity index (χ1n) is 5.52. The van der Waals surface area contributed by atoms with Gasteiger partial charge in [-0.3, -0.25) is 4.79 Å². The van der Waals surface area contributed by atoms with E-state index < -0.39 is 4.20 Å². The molecule has 1 amide bonds. The van der Waals surface area contributed by atoms with Gasteiger partial charge in [0, 0.05) is 37.5 Å². The van der Waals surface area contributed by atoms with Crippen LogP contribution in [0.2, 0.25) is 0 Å². The number of carbonyl (C=O) groups is 1. The summed E-state index contributed by atoms with van der Waals surface area (Å²) in [7, 11) is 1.98. The second kappa shape index (κ2) is 4.90. The van der Waals surface area contributed by atoms with Gasteiger partial charge in [-0.25, -0.2) is 0 Å². The summed E-state index contributed by atoms with van der Waals surface area (Å²) in [4.78, 5) is 11.1. The van der Waals surface area contributed by atoms with E-state index >= 15 is 0 Å². The third-order valence-corrected chi connectivity index (χ3v) is 3.13. The van der Waals surface area contributed by atoms with Gasteiger partial charge in [-0.2, -0.15) is 0 Å². The van der Waals surface area contributed by atoms with Crippen molar-refractivity contribution in [3.63, 3.8) is 0 Å². The molecular formula is C13H15N2OS2. The van der Waals surface area contributed by atoms with Crippen LogP contribution in [-0.2, 0) is 11.8 Å². The van der Waals surface area contributed by atoms with Crippen molar-refractivity contribution in [1.29, 1.82) is 0 Å². The number of amides is 1. The van der Waals surface area contributed by atoms with E-state index in [2.05, 4.69) is 30.6 Å². The maximum atomic E-state index is 11.1. The van der Waals surface area contributed by atoms with Crippen LogP contribution in [0.15, 0.2) is 30.5 Å². The minimum atomic E-state index is -0.962. The summed E-state index contributed by atoms with van der Waals surface area (Å²) in [5, 5.41) is 3.78. The number of aromatic nitrogens is 1. The van der Waals surface area contributed by atoms with Gasteiger partial charge in [0.25, 0.3) is 0 Å². The van der Waals surface area contributed by atoms with Gasteiger partial charge in [-0.1, -0.05) is 18.2 Å². The second-order valence-corrected chi connectivity index (χ2v) is 6.03. The van der Waals surface area contributed by atoms with Crippen LogP contribution in [0.25, 0.3) is 10.9 Å². The van der Waals surface area contributed by atoms with Crippen LogP contribution in [0, 0.1) is 6.42 Å². The lowest BCUT2D eigenvalue weighted by molar-refractivity contribution is -0.119. The summed E-state index contributed by atoms with van der Waals surface area (Å²) >= 11 is 8.68. The molecule has 1 radical (unpaired) electrons. The number of nitrogens with zero attached hydrogens (tertiary/aromatic N) is 1. The van der Waals surface area contributed by atoms with Crippen molar-refractivity contribution in [2.75, 3.05) is 0 Å². The minimum Gasteiger partial charge on any atom is -0.350 e. The van der Waals surface area contributed by atoms with Crippen LogP contribution in [-0.4, -0.2) is 14.7 Å². The van der Waals surface area contributed by atoms with Crippen molar-refractivity contribution >= 4 is 42.1 Å². The molecule has 18 heavy (non-hydrogen) atoms. The number of aryl methyl sites for hydroxylation is 1. The SMILES string of the molecule is CC(=O)NC(S)(S)[CH]c1cn(C)c2ccccc12. The lowest BCUT2D eigenvalue weighted by Gasteiger charge is -2.22. The number of hydrogen-bond donors (Lipinski definition) is 3. The van der Waals surface area contributed by atoms with E-state index in [-0.39, 0.29) is 5.91 Å².